The lowest BCUT2D eigenvalue weighted by Gasteiger charge is -2.19. The van der Waals surface area contributed by atoms with Crippen LogP contribution in [-0.4, -0.2) is 23.6 Å². The van der Waals surface area contributed by atoms with E-state index in [0.717, 1.165) is 28.2 Å². The van der Waals surface area contributed by atoms with E-state index in [2.05, 4.69) is 6.92 Å². The molecule has 21 heavy (non-hydrogen) atoms. The average Bonchev–Trinajstić information content (AvgIpc) is 2.53. The Kier molecular flexibility index (Phi) is 5.88. The van der Waals surface area contributed by atoms with E-state index in [0.29, 0.717) is 6.54 Å². The molecule has 2 aromatic rings. The monoisotopic (exact) mass is 299 g/mol. The molecule has 0 N–H and O–H groups in total. The van der Waals surface area contributed by atoms with Gasteiger partial charge in [-0.1, -0.05) is 49.4 Å². The summed E-state index contributed by atoms with van der Waals surface area (Å²) in [5.74, 6) is 1.12. The van der Waals surface area contributed by atoms with Crippen LogP contribution < -0.4 is 0 Å². The highest BCUT2D eigenvalue weighted by atomic mass is 32.2. The van der Waals surface area contributed by atoms with Crippen molar-refractivity contribution in [2.24, 2.45) is 0 Å². The van der Waals surface area contributed by atoms with Crippen molar-refractivity contribution in [3.63, 3.8) is 0 Å². The van der Waals surface area contributed by atoms with Crippen LogP contribution in [0.1, 0.15) is 29.3 Å². The van der Waals surface area contributed by atoms with Crippen molar-refractivity contribution in [1.29, 1.82) is 0 Å². The smallest absolute Gasteiger partial charge is 0.255 e. The molecule has 0 saturated heterocycles. The maximum atomic E-state index is 12.6. The van der Waals surface area contributed by atoms with E-state index in [-0.39, 0.29) is 5.91 Å². The molecular weight excluding hydrogens is 278 g/mol. The number of carbonyl (C=O) groups is 1. The quantitative estimate of drug-likeness (QED) is 0.734. The SMILES string of the molecule is CCCSc1ccccc1C(=O)N(C)Cc1ccccc1. The lowest BCUT2D eigenvalue weighted by atomic mass is 10.1. The van der Waals surface area contributed by atoms with Crippen LogP contribution >= 0.6 is 11.8 Å². The van der Waals surface area contributed by atoms with E-state index in [9.17, 15) is 4.79 Å². The molecule has 0 aliphatic rings. The predicted octanol–water partition coefficient (Wildman–Crippen LogP) is 4.46. The highest BCUT2D eigenvalue weighted by Gasteiger charge is 2.15. The van der Waals surface area contributed by atoms with Gasteiger partial charge in [0.1, 0.15) is 0 Å². The number of hydrogen-bond donors (Lipinski definition) is 0. The summed E-state index contributed by atoms with van der Waals surface area (Å²) in [7, 11) is 1.86. The summed E-state index contributed by atoms with van der Waals surface area (Å²) in [6.45, 7) is 2.78. The lowest BCUT2D eigenvalue weighted by molar-refractivity contribution is 0.0781. The van der Waals surface area contributed by atoms with Crippen molar-refractivity contribution in [3.8, 4) is 0 Å². The molecule has 0 spiro atoms. The normalized spacial score (nSPS) is 10.4. The van der Waals surface area contributed by atoms with E-state index in [1.54, 1.807) is 16.7 Å². The van der Waals surface area contributed by atoms with Gasteiger partial charge in [0, 0.05) is 18.5 Å². The molecule has 0 bridgehead atoms. The minimum Gasteiger partial charge on any atom is -0.337 e. The third-order valence-corrected chi connectivity index (χ3v) is 4.47. The molecule has 110 valence electrons. The second kappa shape index (κ2) is 7.89. The first-order chi connectivity index (χ1) is 10.2. The number of nitrogens with zero attached hydrogens (tertiary/aromatic N) is 1. The molecular formula is C18H21NOS. The van der Waals surface area contributed by atoms with Gasteiger partial charge in [-0.15, -0.1) is 11.8 Å². The Balaban J connectivity index is 2.12. The molecule has 0 radical (unpaired) electrons. The van der Waals surface area contributed by atoms with Gasteiger partial charge in [0.15, 0.2) is 0 Å². The molecule has 0 atom stereocenters. The maximum absolute atomic E-state index is 12.6. The van der Waals surface area contributed by atoms with Crippen molar-refractivity contribution >= 4 is 17.7 Å². The van der Waals surface area contributed by atoms with Crippen LogP contribution in [0, 0.1) is 0 Å². The van der Waals surface area contributed by atoms with Gasteiger partial charge in [0.05, 0.1) is 5.56 Å². The zero-order chi connectivity index (χ0) is 15.1. The fourth-order valence-corrected chi connectivity index (χ4v) is 3.03. The highest BCUT2D eigenvalue weighted by Crippen LogP contribution is 2.24. The first kappa shape index (κ1) is 15.6. The standard InChI is InChI=1S/C18H21NOS/c1-3-13-21-17-12-8-7-11-16(17)18(20)19(2)14-15-9-5-4-6-10-15/h4-12H,3,13-14H2,1-2H3. The van der Waals surface area contributed by atoms with Crippen LogP contribution in [0.4, 0.5) is 0 Å². The van der Waals surface area contributed by atoms with Crippen molar-refractivity contribution in [3.05, 3.63) is 65.7 Å². The maximum Gasteiger partial charge on any atom is 0.255 e. The first-order valence-corrected chi connectivity index (χ1v) is 8.22. The highest BCUT2D eigenvalue weighted by molar-refractivity contribution is 7.99. The van der Waals surface area contributed by atoms with Crippen LogP contribution in [0.25, 0.3) is 0 Å². The second-order valence-electron chi connectivity index (χ2n) is 4.99. The van der Waals surface area contributed by atoms with Crippen molar-refractivity contribution in [1.82, 2.24) is 4.90 Å². The minimum absolute atomic E-state index is 0.0815. The summed E-state index contributed by atoms with van der Waals surface area (Å²) < 4.78 is 0. The van der Waals surface area contributed by atoms with Gasteiger partial charge in [-0.3, -0.25) is 4.79 Å². The molecule has 0 heterocycles. The van der Waals surface area contributed by atoms with Crippen LogP contribution in [0.2, 0.25) is 0 Å². The molecule has 0 aliphatic heterocycles. The minimum atomic E-state index is 0.0815. The Morgan fingerprint density at radius 3 is 2.43 bits per heavy atom. The zero-order valence-electron chi connectivity index (χ0n) is 12.6. The Labute approximate surface area is 131 Å². The molecule has 3 heteroatoms. The third-order valence-electron chi connectivity index (χ3n) is 3.19. The van der Waals surface area contributed by atoms with E-state index >= 15 is 0 Å². The molecule has 2 nitrogen and oxygen atoms in total. The van der Waals surface area contributed by atoms with Crippen LogP contribution in [0.15, 0.2) is 59.5 Å². The summed E-state index contributed by atoms with van der Waals surface area (Å²) in [5, 5.41) is 0. The van der Waals surface area contributed by atoms with Crippen molar-refractivity contribution < 1.29 is 4.79 Å². The Bertz CT molecular complexity index is 583. The molecule has 1 amide bonds. The summed E-state index contributed by atoms with van der Waals surface area (Å²) in [4.78, 5) is 15.5. The van der Waals surface area contributed by atoms with Crippen molar-refractivity contribution in [2.75, 3.05) is 12.8 Å². The number of carbonyl (C=O) groups excluding carboxylic acids is 1. The van der Waals surface area contributed by atoms with Gasteiger partial charge >= 0.3 is 0 Å². The fraction of sp³-hybridized carbons (Fsp3) is 0.278. The van der Waals surface area contributed by atoms with E-state index in [1.807, 2.05) is 61.6 Å². The predicted molar refractivity (Wildman–Crippen MR) is 89.7 cm³/mol. The molecule has 0 aliphatic carbocycles. The van der Waals surface area contributed by atoms with Gasteiger partial charge in [-0.05, 0) is 29.9 Å². The largest absolute Gasteiger partial charge is 0.337 e. The Hall–Kier alpha value is -1.74. The molecule has 2 aromatic carbocycles. The Morgan fingerprint density at radius 1 is 1.05 bits per heavy atom. The van der Waals surface area contributed by atoms with Gasteiger partial charge in [0.25, 0.3) is 5.91 Å². The van der Waals surface area contributed by atoms with Gasteiger partial charge in [-0.2, -0.15) is 0 Å². The Morgan fingerprint density at radius 2 is 1.71 bits per heavy atom. The molecule has 2 rings (SSSR count). The summed E-state index contributed by atoms with van der Waals surface area (Å²) in [6.07, 6.45) is 1.10. The first-order valence-electron chi connectivity index (χ1n) is 7.23. The summed E-state index contributed by atoms with van der Waals surface area (Å²) >= 11 is 1.75. The van der Waals surface area contributed by atoms with Gasteiger partial charge in [0.2, 0.25) is 0 Å². The number of hydrogen-bond acceptors (Lipinski definition) is 2. The zero-order valence-corrected chi connectivity index (χ0v) is 13.4. The van der Waals surface area contributed by atoms with Crippen LogP contribution in [0.5, 0.6) is 0 Å². The second-order valence-corrected chi connectivity index (χ2v) is 6.13. The number of thioether (sulfide) groups is 1. The number of rotatable bonds is 6. The van der Waals surface area contributed by atoms with Gasteiger partial charge in [-0.25, -0.2) is 0 Å². The van der Waals surface area contributed by atoms with Crippen LogP contribution in [0.3, 0.4) is 0 Å². The van der Waals surface area contributed by atoms with Gasteiger partial charge < -0.3 is 4.90 Å². The van der Waals surface area contributed by atoms with E-state index in [4.69, 9.17) is 0 Å². The molecule has 0 fully saturated rings. The lowest BCUT2D eigenvalue weighted by Crippen LogP contribution is -2.26. The topological polar surface area (TPSA) is 20.3 Å². The fourth-order valence-electron chi connectivity index (χ4n) is 2.12. The summed E-state index contributed by atoms with van der Waals surface area (Å²) in [6, 6.07) is 17.9. The third kappa shape index (κ3) is 4.36. The molecule has 0 saturated carbocycles. The van der Waals surface area contributed by atoms with E-state index in [1.165, 1.54) is 0 Å². The average molecular weight is 299 g/mol. The molecule has 0 unspecified atom stereocenters. The van der Waals surface area contributed by atoms with Crippen LogP contribution in [-0.2, 0) is 6.54 Å². The summed E-state index contributed by atoms with van der Waals surface area (Å²) in [5.41, 5.74) is 1.95. The molecule has 0 aromatic heterocycles. The number of benzene rings is 2. The number of amides is 1. The van der Waals surface area contributed by atoms with Crippen molar-refractivity contribution in [2.45, 2.75) is 24.8 Å². The van der Waals surface area contributed by atoms with E-state index < -0.39 is 0 Å².